The van der Waals surface area contributed by atoms with E-state index in [-0.39, 0.29) is 34.1 Å². The molecule has 440 valence electrons. The van der Waals surface area contributed by atoms with Crippen LogP contribution in [0.15, 0.2) is 128 Å². The van der Waals surface area contributed by atoms with Crippen LogP contribution in [0.1, 0.15) is 240 Å². The molecule has 0 aliphatic carbocycles. The first-order chi connectivity index (χ1) is 39.7. The first kappa shape index (κ1) is 66.0. The third kappa shape index (κ3) is 28.1. The van der Waals surface area contributed by atoms with Gasteiger partial charge in [-0.1, -0.05) is 206 Å². The van der Waals surface area contributed by atoms with Crippen molar-refractivity contribution >= 4 is 50.6 Å². The fourth-order valence-corrected chi connectivity index (χ4v) is 9.84. The van der Waals surface area contributed by atoms with Crippen molar-refractivity contribution in [3.63, 3.8) is 0 Å². The Morgan fingerprint density at radius 3 is 1.01 bits per heavy atom. The van der Waals surface area contributed by atoms with Crippen LogP contribution in [0.2, 0.25) is 0 Å². The van der Waals surface area contributed by atoms with E-state index in [9.17, 15) is 18.4 Å². The Kier molecular flexibility index (Phi) is 33.6. The Morgan fingerprint density at radius 2 is 0.667 bits per heavy atom. The highest BCUT2D eigenvalue weighted by Crippen LogP contribution is 2.32. The molecule has 0 amide bonds. The Hall–Kier alpha value is -5.82. The Labute approximate surface area is 491 Å². The number of halogens is 3. The normalized spacial score (nSPS) is 11.5. The largest absolute Gasteiger partial charge is 0.491 e. The number of hydrogen-bond acceptors (Lipinski definition) is 10. The van der Waals surface area contributed by atoms with E-state index in [2.05, 4.69) is 50.2 Å². The van der Waals surface area contributed by atoms with Gasteiger partial charge in [-0.3, -0.25) is 0 Å². The number of azo groups is 2. The SMILES string of the molecule is CCCCCCCCCCCCCCCCCCOc1ccc(N=Nc2ccc(C(=O)Oc3ccc(Br)c(OC(=O)c4ccc(N=Nc5ccc(OCCCCCCCCCCCCCCCCCC)c(F)c5)cc4)c3)cc2)cc1F. The molecular formula is C68H91BrF2N4O6. The zero-order chi connectivity index (χ0) is 57.4. The second-order valence-corrected chi connectivity index (χ2v) is 22.3. The summed E-state index contributed by atoms with van der Waals surface area (Å²) in [5, 5.41) is 16.7. The van der Waals surface area contributed by atoms with Crippen LogP contribution in [-0.4, -0.2) is 25.2 Å². The molecule has 10 nitrogen and oxygen atoms in total. The van der Waals surface area contributed by atoms with E-state index >= 15 is 0 Å². The molecule has 0 saturated carbocycles. The van der Waals surface area contributed by atoms with Crippen LogP contribution < -0.4 is 18.9 Å². The highest BCUT2D eigenvalue weighted by atomic mass is 79.9. The smallest absolute Gasteiger partial charge is 0.343 e. The highest BCUT2D eigenvalue weighted by molar-refractivity contribution is 9.10. The molecule has 0 saturated heterocycles. The van der Waals surface area contributed by atoms with E-state index < -0.39 is 23.6 Å². The van der Waals surface area contributed by atoms with E-state index in [0.717, 1.165) is 25.7 Å². The van der Waals surface area contributed by atoms with Gasteiger partial charge in [-0.15, -0.1) is 0 Å². The van der Waals surface area contributed by atoms with Crippen molar-refractivity contribution in [1.82, 2.24) is 0 Å². The van der Waals surface area contributed by atoms with Crippen LogP contribution in [0.3, 0.4) is 0 Å². The lowest BCUT2D eigenvalue weighted by Crippen LogP contribution is -2.10. The number of nitrogens with zero attached hydrogens (tertiary/aromatic N) is 4. The van der Waals surface area contributed by atoms with E-state index in [1.54, 1.807) is 84.9 Å². The topological polar surface area (TPSA) is 121 Å². The maximum Gasteiger partial charge on any atom is 0.343 e. The summed E-state index contributed by atoms with van der Waals surface area (Å²) in [6, 6.07) is 26.2. The number of benzene rings is 5. The van der Waals surface area contributed by atoms with E-state index in [0.29, 0.717) is 40.4 Å². The molecule has 0 unspecified atom stereocenters. The number of hydrogen-bond donors (Lipinski definition) is 0. The van der Waals surface area contributed by atoms with E-state index in [1.807, 2.05) is 0 Å². The summed E-state index contributed by atoms with van der Waals surface area (Å²) in [4.78, 5) is 26.3. The van der Waals surface area contributed by atoms with Crippen LogP contribution in [0.25, 0.3) is 0 Å². The molecule has 0 aliphatic heterocycles. The molecule has 0 heterocycles. The van der Waals surface area contributed by atoms with Crippen molar-refractivity contribution in [2.24, 2.45) is 20.5 Å². The molecule has 5 aromatic carbocycles. The zero-order valence-corrected chi connectivity index (χ0v) is 50.3. The number of ether oxygens (including phenoxy) is 4. The lowest BCUT2D eigenvalue weighted by atomic mass is 10.0. The number of carbonyl (C=O) groups is 2. The van der Waals surface area contributed by atoms with Gasteiger partial charge in [-0.25, -0.2) is 18.4 Å². The van der Waals surface area contributed by atoms with Gasteiger partial charge in [0.2, 0.25) is 0 Å². The minimum atomic E-state index is -0.655. The second kappa shape index (κ2) is 41.2. The van der Waals surface area contributed by atoms with Crippen molar-refractivity contribution in [3.8, 4) is 23.0 Å². The predicted molar refractivity (Wildman–Crippen MR) is 328 cm³/mol. The lowest BCUT2D eigenvalue weighted by Gasteiger charge is -2.10. The maximum absolute atomic E-state index is 14.9. The minimum Gasteiger partial charge on any atom is -0.491 e. The first-order valence-corrected chi connectivity index (χ1v) is 31.6. The van der Waals surface area contributed by atoms with E-state index in [1.165, 1.54) is 198 Å². The van der Waals surface area contributed by atoms with Crippen molar-refractivity contribution in [3.05, 3.63) is 130 Å². The molecule has 0 bridgehead atoms. The monoisotopic (exact) mass is 1180 g/mol. The van der Waals surface area contributed by atoms with Gasteiger partial charge < -0.3 is 18.9 Å². The fourth-order valence-electron chi connectivity index (χ4n) is 9.51. The van der Waals surface area contributed by atoms with Gasteiger partial charge in [0.25, 0.3) is 0 Å². The van der Waals surface area contributed by atoms with Crippen molar-refractivity contribution in [1.29, 1.82) is 0 Å². The summed E-state index contributed by atoms with van der Waals surface area (Å²) >= 11 is 3.40. The number of unbranched alkanes of at least 4 members (excludes halogenated alkanes) is 30. The summed E-state index contributed by atoms with van der Waals surface area (Å²) in [5.74, 6) is -1.63. The van der Waals surface area contributed by atoms with Gasteiger partial charge in [-0.05, 0) is 114 Å². The van der Waals surface area contributed by atoms with Crippen molar-refractivity contribution in [2.45, 2.75) is 219 Å². The molecule has 13 heteroatoms. The van der Waals surface area contributed by atoms with Gasteiger partial charge in [0.15, 0.2) is 23.1 Å². The van der Waals surface area contributed by atoms with Gasteiger partial charge in [0.1, 0.15) is 11.5 Å². The Morgan fingerprint density at radius 1 is 0.358 bits per heavy atom. The lowest BCUT2D eigenvalue weighted by molar-refractivity contribution is 0.0732. The maximum atomic E-state index is 14.9. The molecule has 5 rings (SSSR count). The number of carbonyl (C=O) groups excluding carboxylic acids is 2. The molecule has 0 fully saturated rings. The molecule has 81 heavy (non-hydrogen) atoms. The average molecular weight is 1180 g/mol. The van der Waals surface area contributed by atoms with Gasteiger partial charge >= 0.3 is 11.9 Å². The quantitative estimate of drug-likeness (QED) is 0.0166. The van der Waals surface area contributed by atoms with Crippen LogP contribution in [0, 0.1) is 11.6 Å². The minimum absolute atomic E-state index is 0.135. The summed E-state index contributed by atoms with van der Waals surface area (Å²) in [5.41, 5.74) is 2.04. The standard InChI is InChI=1S/C68H91BrF2N4O6/c1-3-5-7-9-11-13-15-17-19-21-23-25-27-29-31-33-49-78-64-47-43-58(51-62(64)70)74-72-56-39-35-54(36-40-56)67(76)80-60-45-46-61(69)66(53-60)81-68(77)55-37-41-57(42-38-55)73-75-59-44-48-65(63(71)52-59)79-50-34-32-30-28-26-24-22-20-18-16-14-12-10-8-6-4-2/h35-48,51-53H,3-34,49-50H2,1-2H3. The van der Waals surface area contributed by atoms with Crippen molar-refractivity contribution < 1.29 is 37.3 Å². The summed E-state index contributed by atoms with van der Waals surface area (Å²) in [7, 11) is 0. The third-order valence-electron chi connectivity index (χ3n) is 14.4. The number of rotatable bonds is 44. The van der Waals surface area contributed by atoms with E-state index in [4.69, 9.17) is 18.9 Å². The molecule has 0 aliphatic rings. The third-order valence-corrected chi connectivity index (χ3v) is 15.1. The Bertz CT molecular complexity index is 2590. The summed E-state index contributed by atoms with van der Waals surface area (Å²) < 4.78 is 52.9. The van der Waals surface area contributed by atoms with Crippen LogP contribution in [0.4, 0.5) is 31.5 Å². The molecule has 0 N–H and O–H groups in total. The molecule has 0 atom stereocenters. The number of esters is 2. The van der Waals surface area contributed by atoms with Crippen molar-refractivity contribution in [2.75, 3.05) is 13.2 Å². The molecule has 5 aromatic rings. The highest BCUT2D eigenvalue weighted by Gasteiger charge is 2.16. The average Bonchev–Trinajstić information content (AvgIpc) is 3.47. The van der Waals surface area contributed by atoms with Crippen LogP contribution in [-0.2, 0) is 0 Å². The molecular weight excluding hydrogens is 1090 g/mol. The fraction of sp³-hybridized carbons (Fsp3) is 0.529. The van der Waals surface area contributed by atoms with Gasteiger partial charge in [-0.2, -0.15) is 20.5 Å². The molecule has 0 aromatic heterocycles. The first-order valence-electron chi connectivity index (χ1n) is 30.8. The molecule has 0 radical (unpaired) electrons. The van der Waals surface area contributed by atoms with Gasteiger partial charge in [0, 0.05) is 18.2 Å². The van der Waals surface area contributed by atoms with Gasteiger partial charge in [0.05, 0.1) is 51.6 Å². The summed E-state index contributed by atoms with van der Waals surface area (Å²) in [6.07, 6.45) is 41.4. The second-order valence-electron chi connectivity index (χ2n) is 21.4. The van der Waals surface area contributed by atoms with Crippen LogP contribution in [0.5, 0.6) is 23.0 Å². The Balaban J connectivity index is 0.936. The predicted octanol–water partition coefficient (Wildman–Crippen LogP) is 23.3. The zero-order valence-electron chi connectivity index (χ0n) is 48.7. The van der Waals surface area contributed by atoms with Crippen LogP contribution >= 0.6 is 15.9 Å². The summed E-state index contributed by atoms with van der Waals surface area (Å²) in [6.45, 7) is 5.46. The molecule has 0 spiro atoms.